The van der Waals surface area contributed by atoms with Gasteiger partial charge in [0.1, 0.15) is 0 Å². The van der Waals surface area contributed by atoms with E-state index in [4.69, 9.17) is 0 Å². The highest BCUT2D eigenvalue weighted by Crippen LogP contribution is 2.30. The second-order valence-corrected chi connectivity index (χ2v) is 5.57. The zero-order valence-electron chi connectivity index (χ0n) is 11.8. The zero-order chi connectivity index (χ0) is 15.6. The Bertz CT molecular complexity index is 711. The molecule has 0 bridgehead atoms. The summed E-state index contributed by atoms with van der Waals surface area (Å²) in [4.78, 5) is 31.1. The summed E-state index contributed by atoms with van der Waals surface area (Å²) in [6.45, 7) is 5.03. The van der Waals surface area contributed by atoms with Gasteiger partial charge in [0.2, 0.25) is 0 Å². The third-order valence-electron chi connectivity index (χ3n) is 2.72. The van der Waals surface area contributed by atoms with E-state index >= 15 is 0 Å². The van der Waals surface area contributed by atoms with Gasteiger partial charge in [0, 0.05) is 22.3 Å². The smallest absolute Gasteiger partial charge is 0.281 e. The van der Waals surface area contributed by atoms with E-state index < -0.39 is 4.92 Å². The Morgan fingerprint density at radius 1 is 1.19 bits per heavy atom. The Morgan fingerprint density at radius 3 is 2.33 bits per heavy atom. The fraction of sp³-hybridized carbons (Fsp3) is 0.214. The number of nitro benzene ring substituents is 1. The minimum atomic E-state index is -0.552. The van der Waals surface area contributed by atoms with Crippen LogP contribution in [0, 0.1) is 24.0 Å². The molecule has 1 aromatic carbocycles. The van der Waals surface area contributed by atoms with E-state index in [1.807, 2.05) is 19.9 Å². The number of aryl methyl sites for hydroxylation is 2. The minimum absolute atomic E-state index is 0.102. The SMILES string of the molecule is CC(=O)c1ccc(Sc2nc(C)cc(C)n2)cc1[N+](=O)[O-]. The Balaban J connectivity index is 2.39. The lowest BCUT2D eigenvalue weighted by Crippen LogP contribution is -2.00. The molecule has 21 heavy (non-hydrogen) atoms. The molecule has 6 nitrogen and oxygen atoms in total. The van der Waals surface area contributed by atoms with Crippen molar-refractivity contribution in [3.05, 3.63) is 51.3 Å². The maximum atomic E-state index is 11.4. The van der Waals surface area contributed by atoms with Gasteiger partial charge in [-0.1, -0.05) is 0 Å². The van der Waals surface area contributed by atoms with Crippen molar-refractivity contribution in [2.24, 2.45) is 0 Å². The Kier molecular flexibility index (Phi) is 4.32. The Labute approximate surface area is 125 Å². The molecule has 0 amide bonds. The molecule has 0 atom stereocenters. The first-order chi connectivity index (χ1) is 9.86. The molecular weight excluding hydrogens is 290 g/mol. The molecular formula is C14H13N3O3S. The molecule has 0 unspecified atom stereocenters. The molecule has 0 aliphatic heterocycles. The second-order valence-electron chi connectivity index (χ2n) is 4.53. The number of nitrogens with zero attached hydrogens (tertiary/aromatic N) is 3. The van der Waals surface area contributed by atoms with Crippen LogP contribution in [-0.4, -0.2) is 20.7 Å². The highest BCUT2D eigenvalue weighted by molar-refractivity contribution is 7.99. The van der Waals surface area contributed by atoms with Crippen molar-refractivity contribution in [2.45, 2.75) is 30.8 Å². The normalized spacial score (nSPS) is 10.4. The number of nitro groups is 1. The van der Waals surface area contributed by atoms with Crippen LogP contribution in [-0.2, 0) is 0 Å². The maximum Gasteiger partial charge on any atom is 0.281 e. The van der Waals surface area contributed by atoms with Crippen molar-refractivity contribution in [2.75, 3.05) is 0 Å². The summed E-state index contributed by atoms with van der Waals surface area (Å²) < 4.78 is 0. The van der Waals surface area contributed by atoms with E-state index in [1.54, 1.807) is 6.07 Å². The van der Waals surface area contributed by atoms with Crippen LogP contribution in [0.5, 0.6) is 0 Å². The lowest BCUT2D eigenvalue weighted by Gasteiger charge is -2.04. The van der Waals surface area contributed by atoms with Crippen molar-refractivity contribution >= 4 is 23.2 Å². The van der Waals surface area contributed by atoms with Gasteiger partial charge in [-0.2, -0.15) is 0 Å². The number of rotatable bonds is 4. The summed E-state index contributed by atoms with van der Waals surface area (Å²) in [5.41, 5.74) is 1.57. The van der Waals surface area contributed by atoms with Crippen LogP contribution in [0.15, 0.2) is 34.3 Å². The van der Waals surface area contributed by atoms with E-state index in [0.29, 0.717) is 10.1 Å². The molecule has 2 rings (SSSR count). The molecule has 0 aliphatic rings. The molecule has 0 N–H and O–H groups in total. The highest BCUT2D eigenvalue weighted by atomic mass is 32.2. The molecule has 1 aromatic heterocycles. The predicted octanol–water partition coefficient (Wildman–Crippen LogP) is 3.36. The van der Waals surface area contributed by atoms with Crippen LogP contribution < -0.4 is 0 Å². The third kappa shape index (κ3) is 3.63. The van der Waals surface area contributed by atoms with Crippen LogP contribution in [0.4, 0.5) is 5.69 Å². The topological polar surface area (TPSA) is 86.0 Å². The van der Waals surface area contributed by atoms with Crippen LogP contribution in [0.25, 0.3) is 0 Å². The van der Waals surface area contributed by atoms with E-state index in [1.165, 1.54) is 30.8 Å². The molecule has 1 heterocycles. The van der Waals surface area contributed by atoms with Gasteiger partial charge < -0.3 is 0 Å². The van der Waals surface area contributed by atoms with Gasteiger partial charge >= 0.3 is 0 Å². The van der Waals surface area contributed by atoms with Gasteiger partial charge in [-0.3, -0.25) is 14.9 Å². The van der Waals surface area contributed by atoms with Gasteiger partial charge in [-0.05, 0) is 50.7 Å². The minimum Gasteiger partial charge on any atom is -0.294 e. The maximum absolute atomic E-state index is 11.4. The Hall–Kier alpha value is -2.28. The molecule has 0 radical (unpaired) electrons. The summed E-state index contributed by atoms with van der Waals surface area (Å²) in [5.74, 6) is -0.332. The van der Waals surface area contributed by atoms with Crippen molar-refractivity contribution in [1.29, 1.82) is 0 Å². The first-order valence-corrected chi connectivity index (χ1v) is 6.98. The first kappa shape index (κ1) is 15.1. The number of Topliss-reactive ketones (excluding diaryl/α,β-unsaturated/α-hetero) is 1. The molecule has 7 heteroatoms. The standard InChI is InChI=1S/C14H13N3O3S/c1-8-6-9(2)16-14(15-8)21-11-4-5-12(10(3)18)13(7-11)17(19)20/h4-7H,1-3H3. The summed E-state index contributed by atoms with van der Waals surface area (Å²) in [7, 11) is 0. The average Bonchev–Trinajstić information content (AvgIpc) is 2.36. The van der Waals surface area contributed by atoms with Gasteiger partial charge in [-0.25, -0.2) is 9.97 Å². The second kappa shape index (κ2) is 6.01. The third-order valence-corrected chi connectivity index (χ3v) is 3.57. The van der Waals surface area contributed by atoms with Crippen LogP contribution in [0.1, 0.15) is 28.7 Å². The molecule has 0 saturated heterocycles. The molecule has 0 fully saturated rings. The summed E-state index contributed by atoms with van der Waals surface area (Å²) in [6, 6.07) is 6.36. The molecule has 2 aromatic rings. The van der Waals surface area contributed by atoms with Crippen molar-refractivity contribution < 1.29 is 9.72 Å². The van der Waals surface area contributed by atoms with Crippen molar-refractivity contribution in [3.8, 4) is 0 Å². The average molecular weight is 303 g/mol. The molecule has 0 spiro atoms. The van der Waals surface area contributed by atoms with E-state index in [2.05, 4.69) is 9.97 Å². The summed E-state index contributed by atoms with van der Waals surface area (Å²) >= 11 is 1.23. The summed E-state index contributed by atoms with van der Waals surface area (Å²) in [5, 5.41) is 11.6. The number of benzene rings is 1. The quantitative estimate of drug-likeness (QED) is 0.372. The van der Waals surface area contributed by atoms with Crippen molar-refractivity contribution in [1.82, 2.24) is 9.97 Å². The predicted molar refractivity (Wildman–Crippen MR) is 78.7 cm³/mol. The zero-order valence-corrected chi connectivity index (χ0v) is 12.6. The number of carbonyl (C=O) groups is 1. The number of carbonyl (C=O) groups excluding carboxylic acids is 1. The number of aromatic nitrogens is 2. The van der Waals surface area contributed by atoms with Gasteiger partial charge in [-0.15, -0.1) is 0 Å². The summed E-state index contributed by atoms with van der Waals surface area (Å²) in [6.07, 6.45) is 0. The monoisotopic (exact) mass is 303 g/mol. The number of hydrogen-bond acceptors (Lipinski definition) is 6. The molecule has 108 valence electrons. The number of ketones is 1. The van der Waals surface area contributed by atoms with Gasteiger partial charge in [0.15, 0.2) is 10.9 Å². The fourth-order valence-corrected chi connectivity index (χ4v) is 2.77. The fourth-order valence-electron chi connectivity index (χ4n) is 1.87. The van der Waals surface area contributed by atoms with E-state index in [9.17, 15) is 14.9 Å². The lowest BCUT2D eigenvalue weighted by atomic mass is 10.1. The van der Waals surface area contributed by atoms with Crippen molar-refractivity contribution in [3.63, 3.8) is 0 Å². The molecule has 0 saturated carbocycles. The van der Waals surface area contributed by atoms with Crippen LogP contribution >= 0.6 is 11.8 Å². The highest BCUT2D eigenvalue weighted by Gasteiger charge is 2.18. The lowest BCUT2D eigenvalue weighted by molar-refractivity contribution is -0.385. The Morgan fingerprint density at radius 2 is 1.81 bits per heavy atom. The van der Waals surface area contributed by atoms with Crippen LogP contribution in [0.2, 0.25) is 0 Å². The van der Waals surface area contributed by atoms with Crippen LogP contribution in [0.3, 0.4) is 0 Å². The first-order valence-electron chi connectivity index (χ1n) is 6.16. The van der Waals surface area contributed by atoms with Gasteiger partial charge in [0.05, 0.1) is 10.5 Å². The van der Waals surface area contributed by atoms with E-state index in [0.717, 1.165) is 11.4 Å². The van der Waals surface area contributed by atoms with E-state index in [-0.39, 0.29) is 17.0 Å². The largest absolute Gasteiger partial charge is 0.294 e. The molecule has 0 aliphatic carbocycles. The van der Waals surface area contributed by atoms with Gasteiger partial charge in [0.25, 0.3) is 5.69 Å². The number of hydrogen-bond donors (Lipinski definition) is 0.